The summed E-state index contributed by atoms with van der Waals surface area (Å²) in [5.41, 5.74) is 1.28. The van der Waals surface area contributed by atoms with E-state index in [1.165, 1.54) is 0 Å². The average Bonchev–Trinajstić information content (AvgIpc) is 2.92. The molecule has 1 N–H and O–H groups in total. The van der Waals surface area contributed by atoms with Gasteiger partial charge in [-0.1, -0.05) is 12.1 Å². The second-order valence-electron chi connectivity index (χ2n) is 5.84. The van der Waals surface area contributed by atoms with Gasteiger partial charge in [-0.25, -0.2) is 8.42 Å². The molecule has 6 heteroatoms. The molecule has 0 saturated carbocycles. The number of piperidine rings is 1. The number of nitrogens with zero attached hydrogens (tertiary/aromatic N) is 2. The van der Waals surface area contributed by atoms with E-state index in [4.69, 9.17) is 5.26 Å². The van der Waals surface area contributed by atoms with Crippen molar-refractivity contribution >= 4 is 10.0 Å². The second-order valence-corrected chi connectivity index (χ2v) is 7.81. The Hall–Kier alpha value is -1.42. The van der Waals surface area contributed by atoms with Crippen molar-refractivity contribution in [2.24, 2.45) is 5.92 Å². The summed E-state index contributed by atoms with van der Waals surface area (Å²) in [7, 11) is -3.28. The highest BCUT2D eigenvalue weighted by molar-refractivity contribution is 7.88. The number of nitriles is 1. The first-order valence-corrected chi connectivity index (χ1v) is 8.90. The fraction of sp³-hybridized carbons (Fsp3) is 0.533. The smallest absolute Gasteiger partial charge is 0.218 e. The van der Waals surface area contributed by atoms with Gasteiger partial charge in [0.1, 0.15) is 0 Å². The standard InChI is InChI=1S/C15H19N3O2S/c16-8-12-3-5-13(6-4-12)11-21(19,20)18-9-14-2-1-7-17-15(14)10-18/h3-6,14-15,17H,1-2,7,9-11H2/t14-,15+/m0/s1. The lowest BCUT2D eigenvalue weighted by molar-refractivity contribution is 0.339. The Morgan fingerprint density at radius 3 is 2.71 bits per heavy atom. The van der Waals surface area contributed by atoms with E-state index in [-0.39, 0.29) is 5.75 Å². The van der Waals surface area contributed by atoms with Crippen LogP contribution in [0.2, 0.25) is 0 Å². The van der Waals surface area contributed by atoms with Gasteiger partial charge in [0.15, 0.2) is 0 Å². The van der Waals surface area contributed by atoms with E-state index in [9.17, 15) is 8.42 Å². The van der Waals surface area contributed by atoms with Crippen LogP contribution in [0.4, 0.5) is 0 Å². The lowest BCUT2D eigenvalue weighted by Crippen LogP contribution is -2.41. The molecule has 2 aliphatic rings. The Morgan fingerprint density at radius 1 is 1.29 bits per heavy atom. The maximum absolute atomic E-state index is 12.5. The first-order valence-electron chi connectivity index (χ1n) is 7.29. The molecule has 2 saturated heterocycles. The summed E-state index contributed by atoms with van der Waals surface area (Å²) in [6.07, 6.45) is 2.24. The molecule has 0 unspecified atom stereocenters. The third-order valence-corrected chi connectivity index (χ3v) is 6.17. The number of nitrogens with one attached hydrogen (secondary N) is 1. The largest absolute Gasteiger partial charge is 0.312 e. The van der Waals surface area contributed by atoms with Crippen LogP contribution in [-0.2, 0) is 15.8 Å². The second kappa shape index (κ2) is 5.76. The highest BCUT2D eigenvalue weighted by Gasteiger charge is 2.39. The number of sulfonamides is 1. The number of rotatable bonds is 3. The molecule has 0 bridgehead atoms. The minimum Gasteiger partial charge on any atom is -0.312 e. The summed E-state index contributed by atoms with van der Waals surface area (Å²) < 4.78 is 26.7. The summed E-state index contributed by atoms with van der Waals surface area (Å²) in [5, 5.41) is 12.2. The Kier molecular flexibility index (Phi) is 3.98. The first kappa shape index (κ1) is 14.5. The molecule has 3 rings (SSSR count). The van der Waals surface area contributed by atoms with Crippen LogP contribution in [0.15, 0.2) is 24.3 Å². The molecule has 0 radical (unpaired) electrons. The molecular formula is C15H19N3O2S. The van der Waals surface area contributed by atoms with Gasteiger partial charge < -0.3 is 5.32 Å². The lowest BCUT2D eigenvalue weighted by Gasteiger charge is -2.24. The van der Waals surface area contributed by atoms with E-state index in [1.807, 2.05) is 6.07 Å². The Labute approximate surface area is 125 Å². The first-order chi connectivity index (χ1) is 10.1. The SMILES string of the molecule is N#Cc1ccc(CS(=O)(=O)N2C[C@@H]3CCCN[C@@H]3C2)cc1. The maximum atomic E-state index is 12.5. The molecule has 21 heavy (non-hydrogen) atoms. The van der Waals surface area contributed by atoms with Crippen molar-refractivity contribution in [3.05, 3.63) is 35.4 Å². The van der Waals surface area contributed by atoms with E-state index < -0.39 is 10.0 Å². The summed E-state index contributed by atoms with van der Waals surface area (Å²) in [4.78, 5) is 0. The van der Waals surface area contributed by atoms with Crippen LogP contribution in [0.3, 0.4) is 0 Å². The summed E-state index contributed by atoms with van der Waals surface area (Å²) >= 11 is 0. The molecule has 5 nitrogen and oxygen atoms in total. The highest BCUT2D eigenvalue weighted by atomic mass is 32.2. The Morgan fingerprint density at radius 2 is 2.05 bits per heavy atom. The minimum absolute atomic E-state index is 0.0121. The Bertz CT molecular complexity index is 634. The Balaban J connectivity index is 1.70. The molecular weight excluding hydrogens is 286 g/mol. The summed E-state index contributed by atoms with van der Waals surface area (Å²) in [5.74, 6) is 0.465. The molecule has 0 aliphatic carbocycles. The molecule has 0 amide bonds. The zero-order valence-corrected chi connectivity index (χ0v) is 12.6. The van der Waals surface area contributed by atoms with Gasteiger partial charge in [-0.05, 0) is 43.0 Å². The van der Waals surface area contributed by atoms with Crippen molar-refractivity contribution in [1.29, 1.82) is 5.26 Å². The zero-order valence-electron chi connectivity index (χ0n) is 11.8. The van der Waals surface area contributed by atoms with E-state index in [0.29, 0.717) is 30.6 Å². The monoisotopic (exact) mass is 305 g/mol. The van der Waals surface area contributed by atoms with Crippen LogP contribution >= 0.6 is 0 Å². The van der Waals surface area contributed by atoms with Crippen LogP contribution in [0.5, 0.6) is 0 Å². The molecule has 2 heterocycles. The lowest BCUT2D eigenvalue weighted by atomic mass is 9.94. The van der Waals surface area contributed by atoms with E-state index in [2.05, 4.69) is 5.32 Å². The number of hydrogen-bond acceptors (Lipinski definition) is 4. The van der Waals surface area contributed by atoms with Crippen molar-refractivity contribution in [3.8, 4) is 6.07 Å². The molecule has 2 atom stereocenters. The molecule has 0 aromatic heterocycles. The van der Waals surface area contributed by atoms with Crippen LogP contribution < -0.4 is 5.32 Å². The zero-order chi connectivity index (χ0) is 14.9. The third-order valence-electron chi connectivity index (χ3n) is 4.39. The minimum atomic E-state index is -3.28. The van der Waals surface area contributed by atoms with E-state index >= 15 is 0 Å². The predicted molar refractivity (Wildman–Crippen MR) is 79.9 cm³/mol. The molecule has 1 aromatic rings. The van der Waals surface area contributed by atoms with Crippen molar-refractivity contribution in [2.45, 2.75) is 24.6 Å². The van der Waals surface area contributed by atoms with E-state index in [1.54, 1.807) is 28.6 Å². The van der Waals surface area contributed by atoms with Crippen molar-refractivity contribution in [3.63, 3.8) is 0 Å². The van der Waals surface area contributed by atoms with Crippen LogP contribution in [-0.4, -0.2) is 38.4 Å². The summed E-state index contributed by atoms with van der Waals surface area (Å²) in [6.45, 7) is 2.21. The van der Waals surface area contributed by atoms with Crippen LogP contribution in [0.1, 0.15) is 24.0 Å². The predicted octanol–water partition coefficient (Wildman–Crippen LogP) is 1.07. The number of benzene rings is 1. The van der Waals surface area contributed by atoms with Crippen LogP contribution in [0.25, 0.3) is 0 Å². The normalized spacial score (nSPS) is 26.2. The molecule has 112 valence electrons. The fourth-order valence-corrected chi connectivity index (χ4v) is 4.81. The molecule has 0 spiro atoms. The topological polar surface area (TPSA) is 73.2 Å². The molecule has 2 aliphatic heterocycles. The fourth-order valence-electron chi connectivity index (χ4n) is 3.21. The van der Waals surface area contributed by atoms with Gasteiger partial charge in [0, 0.05) is 19.1 Å². The molecule has 2 fully saturated rings. The van der Waals surface area contributed by atoms with Crippen molar-refractivity contribution in [1.82, 2.24) is 9.62 Å². The van der Waals surface area contributed by atoms with Crippen molar-refractivity contribution < 1.29 is 8.42 Å². The maximum Gasteiger partial charge on any atom is 0.218 e. The van der Waals surface area contributed by atoms with Gasteiger partial charge in [0.2, 0.25) is 10.0 Å². The van der Waals surface area contributed by atoms with Gasteiger partial charge >= 0.3 is 0 Å². The summed E-state index contributed by atoms with van der Waals surface area (Å²) in [6, 6.07) is 9.12. The van der Waals surface area contributed by atoms with Gasteiger partial charge in [-0.15, -0.1) is 0 Å². The van der Waals surface area contributed by atoms with Gasteiger partial charge in [0.05, 0.1) is 17.4 Å². The number of fused-ring (bicyclic) bond motifs is 1. The molecule has 1 aromatic carbocycles. The highest BCUT2D eigenvalue weighted by Crippen LogP contribution is 2.27. The van der Waals surface area contributed by atoms with Gasteiger partial charge in [0.25, 0.3) is 0 Å². The third kappa shape index (κ3) is 3.10. The van der Waals surface area contributed by atoms with E-state index in [0.717, 1.165) is 24.9 Å². The van der Waals surface area contributed by atoms with Crippen LogP contribution in [0, 0.1) is 17.2 Å². The number of hydrogen-bond donors (Lipinski definition) is 1. The van der Waals surface area contributed by atoms with Crippen molar-refractivity contribution in [2.75, 3.05) is 19.6 Å². The van der Waals surface area contributed by atoms with Gasteiger partial charge in [-0.2, -0.15) is 9.57 Å². The average molecular weight is 305 g/mol. The van der Waals surface area contributed by atoms with Gasteiger partial charge in [-0.3, -0.25) is 0 Å². The quantitative estimate of drug-likeness (QED) is 0.906.